The van der Waals surface area contributed by atoms with Gasteiger partial charge in [-0.3, -0.25) is 9.59 Å². The van der Waals surface area contributed by atoms with Crippen molar-refractivity contribution in [2.45, 2.75) is 92.9 Å². The molecule has 2 aromatic carbocycles. The minimum atomic E-state index is -0.592. The first-order valence-corrected chi connectivity index (χ1v) is 14.6. The highest BCUT2D eigenvalue weighted by Crippen LogP contribution is 2.60. The van der Waals surface area contributed by atoms with Gasteiger partial charge in [-0.25, -0.2) is 0 Å². The van der Waals surface area contributed by atoms with Crippen LogP contribution in [0.3, 0.4) is 0 Å². The lowest BCUT2D eigenvalue weighted by Gasteiger charge is -2.25. The van der Waals surface area contributed by atoms with Gasteiger partial charge in [-0.1, -0.05) is 93.5 Å². The fourth-order valence-electron chi connectivity index (χ4n) is 6.27. The molecule has 2 aliphatic carbocycles. The van der Waals surface area contributed by atoms with Crippen molar-refractivity contribution < 1.29 is 19.1 Å². The molecule has 4 atom stereocenters. The van der Waals surface area contributed by atoms with Gasteiger partial charge in [0.1, 0.15) is 11.5 Å². The molecular weight excluding hydrogens is 484 g/mol. The predicted octanol–water partition coefficient (Wildman–Crippen LogP) is 8.77. The number of benzene rings is 2. The molecule has 1 saturated carbocycles. The third-order valence-electron chi connectivity index (χ3n) is 8.95. The van der Waals surface area contributed by atoms with E-state index < -0.39 is 11.8 Å². The molecule has 0 radical (unpaired) electrons. The lowest BCUT2D eigenvalue weighted by molar-refractivity contribution is -0.151. The predicted molar refractivity (Wildman–Crippen MR) is 157 cm³/mol. The Morgan fingerprint density at radius 2 is 0.846 bits per heavy atom. The summed E-state index contributed by atoms with van der Waals surface area (Å²) >= 11 is 0. The Labute approximate surface area is 235 Å². The second kappa shape index (κ2) is 10.9. The summed E-state index contributed by atoms with van der Waals surface area (Å²) < 4.78 is 12.2. The van der Waals surface area contributed by atoms with Crippen LogP contribution in [0.25, 0.3) is 0 Å². The number of hydrogen-bond acceptors (Lipinski definition) is 4. The number of carbonyl (C=O) groups excluding carboxylic acids is 2. The van der Waals surface area contributed by atoms with Crippen molar-refractivity contribution in [3.05, 3.63) is 70.8 Å². The first-order chi connectivity index (χ1) is 18.2. The molecule has 0 saturated heterocycles. The van der Waals surface area contributed by atoms with E-state index >= 15 is 0 Å². The van der Waals surface area contributed by atoms with E-state index in [4.69, 9.17) is 9.47 Å². The Morgan fingerprint density at radius 3 is 1.10 bits per heavy atom. The van der Waals surface area contributed by atoms with Gasteiger partial charge in [-0.15, -0.1) is 0 Å². The SMILES string of the molecule is CC(C)c1cc(OC(=O)C2C(C(=O)Oc3cc(C(C)C)cc(C(C)C)c3)C3C=CC2C3(C)C)cc(C(C)C)c1. The van der Waals surface area contributed by atoms with Gasteiger partial charge in [-0.2, -0.15) is 0 Å². The molecule has 2 bridgehead atoms. The van der Waals surface area contributed by atoms with Crippen LogP contribution in [-0.2, 0) is 9.59 Å². The number of allylic oxidation sites excluding steroid dienone is 2. The highest BCUT2D eigenvalue weighted by Gasteiger charge is 2.62. The summed E-state index contributed by atoms with van der Waals surface area (Å²) in [5.41, 5.74) is 4.32. The van der Waals surface area contributed by atoms with Crippen LogP contribution in [0.2, 0.25) is 0 Å². The Morgan fingerprint density at radius 1 is 0.564 bits per heavy atom. The number of esters is 2. The van der Waals surface area contributed by atoms with Crippen molar-refractivity contribution >= 4 is 11.9 Å². The monoisotopic (exact) mass is 530 g/mol. The second-order valence-corrected chi connectivity index (χ2v) is 13.4. The van der Waals surface area contributed by atoms with E-state index in [2.05, 4.69) is 93.5 Å². The lowest BCUT2D eigenvalue weighted by Crippen LogP contribution is -2.37. The molecule has 210 valence electrons. The molecule has 2 aliphatic rings. The quantitative estimate of drug-likeness (QED) is 0.194. The minimum Gasteiger partial charge on any atom is -0.426 e. The largest absolute Gasteiger partial charge is 0.426 e. The Bertz CT molecular complexity index is 1120. The number of fused-ring (bicyclic) bond motifs is 2. The summed E-state index contributed by atoms with van der Waals surface area (Å²) in [6, 6.07) is 12.2. The molecule has 4 heteroatoms. The van der Waals surface area contributed by atoms with Gasteiger partial charge >= 0.3 is 11.9 Å². The van der Waals surface area contributed by atoms with Gasteiger partial charge in [0.2, 0.25) is 0 Å². The Hall–Kier alpha value is -2.88. The van der Waals surface area contributed by atoms with Gasteiger partial charge in [0.25, 0.3) is 0 Å². The number of rotatable bonds is 8. The molecule has 0 aromatic heterocycles. The normalized spacial score (nSPS) is 23.3. The smallest absolute Gasteiger partial charge is 0.315 e. The molecule has 39 heavy (non-hydrogen) atoms. The average Bonchev–Trinajstić information content (AvgIpc) is 3.27. The zero-order valence-electron chi connectivity index (χ0n) is 25.4. The first kappa shape index (κ1) is 29.1. The summed E-state index contributed by atoms with van der Waals surface area (Å²) in [6.45, 7) is 21.4. The Kier molecular flexibility index (Phi) is 8.17. The molecule has 0 N–H and O–H groups in total. The zero-order valence-corrected chi connectivity index (χ0v) is 25.4. The second-order valence-electron chi connectivity index (χ2n) is 13.4. The van der Waals surface area contributed by atoms with E-state index in [0.29, 0.717) is 35.2 Å². The maximum Gasteiger partial charge on any atom is 0.315 e. The summed E-state index contributed by atoms with van der Waals surface area (Å²) in [4.78, 5) is 27.7. The van der Waals surface area contributed by atoms with Crippen LogP contribution in [0.15, 0.2) is 48.6 Å². The number of carbonyl (C=O) groups is 2. The Balaban J connectivity index is 1.65. The van der Waals surface area contributed by atoms with E-state index in [1.165, 1.54) is 0 Å². The summed E-state index contributed by atoms with van der Waals surface area (Å²) in [5, 5.41) is 0. The lowest BCUT2D eigenvalue weighted by atomic mass is 9.79. The fourth-order valence-corrected chi connectivity index (χ4v) is 6.27. The van der Waals surface area contributed by atoms with E-state index in [-0.39, 0.29) is 29.2 Å². The maximum absolute atomic E-state index is 13.8. The topological polar surface area (TPSA) is 52.6 Å². The maximum atomic E-state index is 13.8. The summed E-state index contributed by atoms with van der Waals surface area (Å²) in [5.74, 6) is 0.295. The summed E-state index contributed by atoms with van der Waals surface area (Å²) in [6.07, 6.45) is 4.20. The molecule has 4 nitrogen and oxygen atoms in total. The number of ether oxygens (including phenoxy) is 2. The van der Waals surface area contributed by atoms with E-state index in [9.17, 15) is 9.59 Å². The van der Waals surface area contributed by atoms with Crippen molar-refractivity contribution in [1.29, 1.82) is 0 Å². The van der Waals surface area contributed by atoms with Crippen LogP contribution >= 0.6 is 0 Å². The van der Waals surface area contributed by atoms with Gasteiger partial charge in [0, 0.05) is 0 Å². The summed E-state index contributed by atoms with van der Waals surface area (Å²) in [7, 11) is 0. The molecule has 0 aliphatic heterocycles. The molecule has 4 unspecified atom stereocenters. The minimum absolute atomic E-state index is 0.0846. The van der Waals surface area contributed by atoms with Gasteiger partial charge in [0.15, 0.2) is 0 Å². The van der Waals surface area contributed by atoms with E-state index in [1.54, 1.807) is 0 Å². The highest BCUT2D eigenvalue weighted by atomic mass is 16.5. The van der Waals surface area contributed by atoms with Crippen molar-refractivity contribution in [3.63, 3.8) is 0 Å². The van der Waals surface area contributed by atoms with Crippen LogP contribution in [-0.4, -0.2) is 11.9 Å². The van der Waals surface area contributed by atoms with Gasteiger partial charge in [-0.05, 0) is 87.4 Å². The van der Waals surface area contributed by atoms with E-state index in [1.807, 2.05) is 24.3 Å². The van der Waals surface area contributed by atoms with Gasteiger partial charge < -0.3 is 9.47 Å². The van der Waals surface area contributed by atoms with Crippen molar-refractivity contribution in [1.82, 2.24) is 0 Å². The fraction of sp³-hybridized carbons (Fsp3) is 0.543. The van der Waals surface area contributed by atoms with Crippen LogP contribution in [0.5, 0.6) is 11.5 Å². The third kappa shape index (κ3) is 5.71. The van der Waals surface area contributed by atoms with Crippen LogP contribution in [0.1, 0.15) is 115 Å². The molecule has 0 heterocycles. The van der Waals surface area contributed by atoms with Crippen LogP contribution in [0, 0.1) is 29.1 Å². The molecule has 0 spiro atoms. The average molecular weight is 531 g/mol. The van der Waals surface area contributed by atoms with Crippen molar-refractivity contribution in [2.24, 2.45) is 29.1 Å². The van der Waals surface area contributed by atoms with E-state index in [0.717, 1.165) is 22.3 Å². The van der Waals surface area contributed by atoms with Crippen molar-refractivity contribution in [3.8, 4) is 11.5 Å². The number of hydrogen-bond donors (Lipinski definition) is 0. The first-order valence-electron chi connectivity index (χ1n) is 14.6. The highest BCUT2D eigenvalue weighted by molar-refractivity contribution is 5.87. The molecule has 0 amide bonds. The van der Waals surface area contributed by atoms with Crippen LogP contribution in [0.4, 0.5) is 0 Å². The molecule has 4 rings (SSSR count). The van der Waals surface area contributed by atoms with Crippen molar-refractivity contribution in [2.75, 3.05) is 0 Å². The zero-order chi connectivity index (χ0) is 28.8. The molecular formula is C35H46O4. The standard InChI is InChI=1S/C35H46O4/c1-19(2)23-13-24(20(3)4)16-27(15-23)38-33(36)31-29-11-12-30(35(29,9)10)32(31)34(37)39-28-17-25(21(5)6)14-26(18-28)22(7)8/h11-22,29-32H,1-10H3. The molecule has 1 fully saturated rings. The van der Waals surface area contributed by atoms with Crippen LogP contribution < -0.4 is 9.47 Å². The third-order valence-corrected chi connectivity index (χ3v) is 8.95. The van der Waals surface area contributed by atoms with Gasteiger partial charge in [0.05, 0.1) is 11.8 Å². The molecule has 2 aromatic rings.